The van der Waals surface area contributed by atoms with Crippen LogP contribution in [0, 0.1) is 0 Å². The van der Waals surface area contributed by atoms with Gasteiger partial charge in [-0.05, 0) is 20.3 Å². The Balaban J connectivity index is 4.66. The molecule has 0 saturated carbocycles. The zero-order chi connectivity index (χ0) is 14.7. The molecule has 0 fully saturated rings. The summed E-state index contributed by atoms with van der Waals surface area (Å²) in [7, 11) is 1.59. The molecular formula is C14H26N4O. The van der Waals surface area contributed by atoms with E-state index >= 15 is 0 Å². The number of amidine groups is 1. The van der Waals surface area contributed by atoms with Crippen LogP contribution in [0.2, 0.25) is 0 Å². The third kappa shape index (κ3) is 6.64. The van der Waals surface area contributed by atoms with Gasteiger partial charge in [0, 0.05) is 18.3 Å². The lowest BCUT2D eigenvalue weighted by Gasteiger charge is -2.11. The summed E-state index contributed by atoms with van der Waals surface area (Å²) in [5.41, 5.74) is 6.62. The Morgan fingerprint density at radius 3 is 2.63 bits per heavy atom. The molecule has 0 radical (unpaired) electrons. The molecule has 1 unspecified atom stereocenters. The number of hydrogen-bond acceptors (Lipinski definition) is 4. The van der Waals surface area contributed by atoms with Gasteiger partial charge >= 0.3 is 0 Å². The second-order valence-corrected chi connectivity index (χ2v) is 4.03. The molecule has 0 aromatic rings. The van der Waals surface area contributed by atoms with Crippen molar-refractivity contribution in [2.75, 3.05) is 13.7 Å². The fraction of sp³-hybridized carbons (Fsp3) is 0.571. The number of nitrogens with two attached hydrogens (primary N) is 1. The van der Waals surface area contributed by atoms with E-state index in [9.17, 15) is 0 Å². The molecule has 19 heavy (non-hydrogen) atoms. The first-order chi connectivity index (χ1) is 9.10. The summed E-state index contributed by atoms with van der Waals surface area (Å²) in [5, 5.41) is 3.08. The molecule has 1 atom stereocenters. The summed E-state index contributed by atoms with van der Waals surface area (Å²) in [6.45, 7) is 10.4. The molecule has 3 N–H and O–H groups in total. The third-order valence-corrected chi connectivity index (χ3v) is 2.57. The van der Waals surface area contributed by atoms with Crippen LogP contribution in [0.5, 0.6) is 0 Å². The van der Waals surface area contributed by atoms with Gasteiger partial charge in [-0.15, -0.1) is 0 Å². The normalized spacial score (nSPS) is 14.5. The van der Waals surface area contributed by atoms with Crippen LogP contribution in [0.15, 0.2) is 34.1 Å². The predicted molar refractivity (Wildman–Crippen MR) is 82.4 cm³/mol. The second kappa shape index (κ2) is 10.2. The van der Waals surface area contributed by atoms with Crippen molar-refractivity contribution < 1.29 is 4.74 Å². The zero-order valence-corrected chi connectivity index (χ0v) is 12.4. The maximum Gasteiger partial charge on any atom is 0.130 e. The Hall–Kier alpha value is -1.78. The van der Waals surface area contributed by atoms with Gasteiger partial charge in [0.2, 0.25) is 0 Å². The van der Waals surface area contributed by atoms with Crippen molar-refractivity contribution >= 4 is 12.2 Å². The summed E-state index contributed by atoms with van der Waals surface area (Å²) in [6.07, 6.45) is 5.11. The summed E-state index contributed by atoms with van der Waals surface area (Å²) < 4.78 is 5.03. The molecule has 5 heteroatoms. The highest BCUT2D eigenvalue weighted by Crippen LogP contribution is 2.05. The molecule has 0 heterocycles. The van der Waals surface area contributed by atoms with Gasteiger partial charge in [-0.25, -0.2) is 0 Å². The molecule has 0 saturated heterocycles. The first-order valence-electron chi connectivity index (χ1n) is 6.57. The first kappa shape index (κ1) is 17.2. The van der Waals surface area contributed by atoms with Gasteiger partial charge in [0.1, 0.15) is 17.6 Å². The molecule has 0 aromatic heterocycles. The SMILES string of the molecule is C=C(OC)C(C)N=CNC(=NCC)C(=CN)CCC. The Bertz CT molecular complexity index is 358. The minimum absolute atomic E-state index is 0.100. The fourth-order valence-corrected chi connectivity index (χ4v) is 1.41. The summed E-state index contributed by atoms with van der Waals surface area (Å²) >= 11 is 0. The summed E-state index contributed by atoms with van der Waals surface area (Å²) in [4.78, 5) is 8.67. The van der Waals surface area contributed by atoms with Crippen molar-refractivity contribution in [3.05, 3.63) is 24.1 Å². The first-order valence-corrected chi connectivity index (χ1v) is 6.57. The molecule has 0 bridgehead atoms. The molecule has 0 rings (SSSR count). The van der Waals surface area contributed by atoms with Crippen LogP contribution in [0.1, 0.15) is 33.6 Å². The van der Waals surface area contributed by atoms with Gasteiger partial charge < -0.3 is 15.8 Å². The fourth-order valence-electron chi connectivity index (χ4n) is 1.41. The Morgan fingerprint density at radius 1 is 1.47 bits per heavy atom. The lowest BCUT2D eigenvalue weighted by Crippen LogP contribution is -2.26. The monoisotopic (exact) mass is 266 g/mol. The van der Waals surface area contributed by atoms with Crippen LogP contribution in [0.4, 0.5) is 0 Å². The molecule has 0 aliphatic rings. The average molecular weight is 266 g/mol. The highest BCUT2D eigenvalue weighted by molar-refractivity contribution is 6.04. The standard InChI is InChI=1S/C14H26N4O/c1-6-8-13(9-15)14(16-7-2)18-10-17-11(3)12(4)19-5/h9-11H,4,6-8,15H2,1-3,5H3,(H,16,17,18). The van der Waals surface area contributed by atoms with Crippen LogP contribution < -0.4 is 11.1 Å². The molecular weight excluding hydrogens is 240 g/mol. The van der Waals surface area contributed by atoms with E-state index in [0.717, 1.165) is 24.3 Å². The van der Waals surface area contributed by atoms with Crippen LogP contribution in [0.3, 0.4) is 0 Å². The number of nitrogens with zero attached hydrogens (tertiary/aromatic N) is 2. The Kier molecular flexibility index (Phi) is 9.22. The van der Waals surface area contributed by atoms with E-state index in [0.29, 0.717) is 12.3 Å². The molecule has 0 aromatic carbocycles. The van der Waals surface area contributed by atoms with Crippen molar-refractivity contribution in [1.82, 2.24) is 5.32 Å². The van der Waals surface area contributed by atoms with E-state index in [-0.39, 0.29) is 6.04 Å². The van der Waals surface area contributed by atoms with Crippen LogP contribution in [0.25, 0.3) is 0 Å². The van der Waals surface area contributed by atoms with Crippen LogP contribution >= 0.6 is 0 Å². The lowest BCUT2D eigenvalue weighted by molar-refractivity contribution is 0.271. The highest BCUT2D eigenvalue weighted by Gasteiger charge is 2.05. The van der Waals surface area contributed by atoms with Crippen molar-refractivity contribution in [3.8, 4) is 0 Å². The molecule has 108 valence electrons. The minimum Gasteiger partial charge on any atom is -0.499 e. The van der Waals surface area contributed by atoms with Gasteiger partial charge in [-0.2, -0.15) is 0 Å². The number of aliphatic imine (C=N–C) groups is 2. The number of methoxy groups -OCH3 is 1. The van der Waals surface area contributed by atoms with Crippen molar-refractivity contribution in [1.29, 1.82) is 0 Å². The maximum absolute atomic E-state index is 5.63. The van der Waals surface area contributed by atoms with Gasteiger partial charge in [0.25, 0.3) is 0 Å². The molecule has 0 aliphatic carbocycles. The molecule has 0 spiro atoms. The molecule has 0 aliphatic heterocycles. The number of hydrogen-bond donors (Lipinski definition) is 2. The van der Waals surface area contributed by atoms with Gasteiger partial charge in [0.15, 0.2) is 0 Å². The average Bonchev–Trinajstić information content (AvgIpc) is 2.42. The van der Waals surface area contributed by atoms with Gasteiger partial charge in [-0.3, -0.25) is 9.98 Å². The Morgan fingerprint density at radius 2 is 2.16 bits per heavy atom. The number of nitrogens with one attached hydrogen (secondary N) is 1. The quantitative estimate of drug-likeness (QED) is 0.402. The second-order valence-electron chi connectivity index (χ2n) is 4.03. The zero-order valence-electron chi connectivity index (χ0n) is 12.4. The van der Waals surface area contributed by atoms with E-state index in [1.165, 1.54) is 0 Å². The van der Waals surface area contributed by atoms with Crippen LogP contribution in [-0.2, 0) is 4.74 Å². The van der Waals surface area contributed by atoms with E-state index in [1.807, 2.05) is 13.8 Å². The lowest BCUT2D eigenvalue weighted by atomic mass is 10.1. The topological polar surface area (TPSA) is 72.0 Å². The van der Waals surface area contributed by atoms with Crippen molar-refractivity contribution in [2.45, 2.75) is 39.7 Å². The Labute approximate surface area is 116 Å². The summed E-state index contributed by atoms with van der Waals surface area (Å²) in [6, 6.07) is -0.100. The third-order valence-electron chi connectivity index (χ3n) is 2.57. The number of ether oxygens (including phenoxy) is 1. The molecule has 5 nitrogen and oxygen atoms in total. The van der Waals surface area contributed by atoms with Gasteiger partial charge in [0.05, 0.1) is 13.4 Å². The van der Waals surface area contributed by atoms with Crippen molar-refractivity contribution in [2.24, 2.45) is 15.7 Å². The van der Waals surface area contributed by atoms with E-state index in [4.69, 9.17) is 10.5 Å². The molecule has 0 amide bonds. The van der Waals surface area contributed by atoms with E-state index < -0.39 is 0 Å². The highest BCUT2D eigenvalue weighted by atomic mass is 16.5. The van der Waals surface area contributed by atoms with Gasteiger partial charge in [-0.1, -0.05) is 19.9 Å². The van der Waals surface area contributed by atoms with Crippen LogP contribution in [-0.4, -0.2) is 31.9 Å². The van der Waals surface area contributed by atoms with E-state index in [2.05, 4.69) is 28.8 Å². The predicted octanol–water partition coefficient (Wildman–Crippen LogP) is 2.21. The maximum atomic E-state index is 5.63. The van der Waals surface area contributed by atoms with Crippen molar-refractivity contribution in [3.63, 3.8) is 0 Å². The van der Waals surface area contributed by atoms with E-state index in [1.54, 1.807) is 19.6 Å². The summed E-state index contributed by atoms with van der Waals surface area (Å²) in [5.74, 6) is 1.39. The number of rotatable bonds is 8. The smallest absolute Gasteiger partial charge is 0.130 e. The minimum atomic E-state index is -0.100. The largest absolute Gasteiger partial charge is 0.499 e.